The lowest BCUT2D eigenvalue weighted by Crippen LogP contribution is -2.51. The molecule has 2 aliphatic heterocycles. The van der Waals surface area contributed by atoms with Crippen LogP contribution in [0, 0.1) is 11.6 Å². The second-order valence-electron chi connectivity index (χ2n) is 6.88. The molecule has 0 aromatic heterocycles. The summed E-state index contributed by atoms with van der Waals surface area (Å²) in [7, 11) is 0. The lowest BCUT2D eigenvalue weighted by atomic mass is 9.66. The first kappa shape index (κ1) is 15.7. The minimum Gasteiger partial charge on any atom is -0.219 e. The molecule has 2 bridgehead atoms. The predicted octanol–water partition coefficient (Wildman–Crippen LogP) is 5.21. The van der Waals surface area contributed by atoms with E-state index in [1.165, 1.54) is 24.3 Å². The van der Waals surface area contributed by atoms with Crippen molar-refractivity contribution in [2.45, 2.75) is 24.0 Å². The molecule has 2 nitrogen and oxygen atoms in total. The third-order valence-electron chi connectivity index (χ3n) is 5.57. The van der Waals surface area contributed by atoms with E-state index in [1.54, 1.807) is 24.3 Å². The van der Waals surface area contributed by atoms with Crippen molar-refractivity contribution < 1.29 is 18.6 Å². The first-order chi connectivity index (χ1) is 12.6. The maximum atomic E-state index is 13.4. The lowest BCUT2D eigenvalue weighted by molar-refractivity contribution is -0.443. The van der Waals surface area contributed by atoms with Crippen LogP contribution in [-0.2, 0) is 21.0 Å². The molecular formula is C22H16F2O2. The molecule has 4 heteroatoms. The van der Waals surface area contributed by atoms with Gasteiger partial charge in [-0.2, -0.15) is 0 Å². The monoisotopic (exact) mass is 350 g/mol. The van der Waals surface area contributed by atoms with E-state index < -0.39 is 11.2 Å². The molecule has 3 aromatic carbocycles. The number of fused-ring (bicyclic) bond motifs is 2. The zero-order chi connectivity index (χ0) is 17.8. The van der Waals surface area contributed by atoms with Gasteiger partial charge in [0.1, 0.15) is 11.6 Å². The summed E-state index contributed by atoms with van der Waals surface area (Å²) in [6.45, 7) is 0. The highest BCUT2D eigenvalue weighted by Gasteiger charge is 2.57. The summed E-state index contributed by atoms with van der Waals surface area (Å²) in [4.78, 5) is 12.0. The Labute approximate surface area is 149 Å². The van der Waals surface area contributed by atoms with Crippen molar-refractivity contribution in [3.63, 3.8) is 0 Å². The molecule has 3 aromatic rings. The fourth-order valence-electron chi connectivity index (χ4n) is 4.26. The van der Waals surface area contributed by atoms with Gasteiger partial charge in [0.15, 0.2) is 11.2 Å². The van der Waals surface area contributed by atoms with Gasteiger partial charge in [0.05, 0.1) is 0 Å². The molecule has 3 aliphatic rings. The van der Waals surface area contributed by atoms with Crippen molar-refractivity contribution in [3.8, 4) is 0 Å². The minimum atomic E-state index is -0.758. The van der Waals surface area contributed by atoms with Gasteiger partial charge in [-0.1, -0.05) is 48.5 Å². The maximum Gasteiger partial charge on any atom is 0.154 e. The molecule has 130 valence electrons. The highest BCUT2D eigenvalue weighted by Crippen LogP contribution is 2.58. The van der Waals surface area contributed by atoms with Crippen LogP contribution in [0.4, 0.5) is 8.78 Å². The van der Waals surface area contributed by atoms with Crippen molar-refractivity contribution in [2.24, 2.45) is 0 Å². The Morgan fingerprint density at radius 2 is 0.962 bits per heavy atom. The van der Waals surface area contributed by atoms with Crippen molar-refractivity contribution >= 4 is 0 Å². The smallest absolute Gasteiger partial charge is 0.154 e. The standard InChI is InChI=1S/C22H16F2O2/c23-17-9-5-15(6-10-17)21-13-14-22(26-25-21,16-7-11-18(24)12-8-16)20-4-2-1-3-19(20)21/h1-12H,13-14H2/t21-,22+. The normalized spacial score (nSPS) is 26.5. The Kier molecular flexibility index (Phi) is 3.30. The zero-order valence-electron chi connectivity index (χ0n) is 13.9. The molecule has 1 aliphatic carbocycles. The van der Waals surface area contributed by atoms with Gasteiger partial charge < -0.3 is 0 Å². The highest BCUT2D eigenvalue weighted by atomic mass is 19.1. The van der Waals surface area contributed by atoms with Gasteiger partial charge in [-0.25, -0.2) is 18.6 Å². The number of hydrogen-bond acceptors (Lipinski definition) is 2. The Hall–Kier alpha value is -2.56. The summed E-state index contributed by atoms with van der Waals surface area (Å²) in [5.74, 6) is -0.571. The molecule has 2 heterocycles. The Morgan fingerprint density at radius 1 is 0.577 bits per heavy atom. The summed E-state index contributed by atoms with van der Waals surface area (Å²) >= 11 is 0. The van der Waals surface area contributed by atoms with E-state index in [-0.39, 0.29) is 11.6 Å². The maximum absolute atomic E-state index is 13.4. The molecule has 1 fully saturated rings. The van der Waals surface area contributed by atoms with E-state index in [9.17, 15) is 8.78 Å². The van der Waals surface area contributed by atoms with Gasteiger partial charge >= 0.3 is 0 Å². The lowest BCUT2D eigenvalue weighted by Gasteiger charge is -2.52. The van der Waals surface area contributed by atoms with Crippen LogP contribution in [0.3, 0.4) is 0 Å². The van der Waals surface area contributed by atoms with Crippen molar-refractivity contribution in [1.82, 2.24) is 0 Å². The van der Waals surface area contributed by atoms with Crippen LogP contribution in [0.2, 0.25) is 0 Å². The van der Waals surface area contributed by atoms with E-state index in [0.717, 1.165) is 22.3 Å². The Bertz CT molecular complexity index is 876. The number of hydrogen-bond donors (Lipinski definition) is 0. The molecule has 0 saturated carbocycles. The summed E-state index contributed by atoms with van der Waals surface area (Å²) < 4.78 is 26.8. The molecule has 0 spiro atoms. The molecule has 0 amide bonds. The van der Waals surface area contributed by atoms with Crippen LogP contribution in [0.25, 0.3) is 0 Å². The third kappa shape index (κ3) is 2.03. The summed E-state index contributed by atoms with van der Waals surface area (Å²) in [5.41, 5.74) is 2.22. The van der Waals surface area contributed by atoms with E-state index in [4.69, 9.17) is 9.78 Å². The minimum absolute atomic E-state index is 0.286. The molecule has 2 atom stereocenters. The summed E-state index contributed by atoms with van der Waals surface area (Å²) in [6, 6.07) is 20.7. The zero-order valence-corrected chi connectivity index (χ0v) is 13.9. The van der Waals surface area contributed by atoms with Crippen LogP contribution in [0.5, 0.6) is 0 Å². The van der Waals surface area contributed by atoms with Gasteiger partial charge in [0, 0.05) is 0 Å². The average molecular weight is 350 g/mol. The quantitative estimate of drug-likeness (QED) is 0.591. The van der Waals surface area contributed by atoms with Crippen molar-refractivity contribution in [2.75, 3.05) is 0 Å². The van der Waals surface area contributed by atoms with E-state index in [1.807, 2.05) is 24.3 Å². The van der Waals surface area contributed by atoms with Gasteiger partial charge in [-0.05, 0) is 59.4 Å². The summed E-state index contributed by atoms with van der Waals surface area (Å²) in [5, 5.41) is 0. The second-order valence-corrected chi connectivity index (χ2v) is 6.88. The molecule has 0 N–H and O–H groups in total. The second kappa shape index (κ2) is 5.47. The molecule has 1 saturated heterocycles. The SMILES string of the molecule is Fc1ccc([C@]23CC[C@](c4ccc(F)cc4)(OO2)c2ccccc23)cc1. The van der Waals surface area contributed by atoms with Gasteiger partial charge in [-0.15, -0.1) is 0 Å². The van der Waals surface area contributed by atoms with E-state index in [0.29, 0.717) is 12.8 Å². The molecule has 0 radical (unpaired) electrons. The largest absolute Gasteiger partial charge is 0.219 e. The Morgan fingerprint density at radius 3 is 1.31 bits per heavy atom. The highest BCUT2D eigenvalue weighted by molar-refractivity contribution is 5.51. The number of benzene rings is 3. The fourth-order valence-corrected chi connectivity index (χ4v) is 4.26. The first-order valence-electron chi connectivity index (χ1n) is 8.63. The van der Waals surface area contributed by atoms with Gasteiger partial charge in [-0.3, -0.25) is 0 Å². The third-order valence-corrected chi connectivity index (χ3v) is 5.57. The fraction of sp³-hybridized carbons (Fsp3) is 0.182. The van der Waals surface area contributed by atoms with Gasteiger partial charge in [0.25, 0.3) is 0 Å². The van der Waals surface area contributed by atoms with Crippen molar-refractivity contribution in [3.05, 3.63) is 107 Å². The van der Waals surface area contributed by atoms with Crippen molar-refractivity contribution in [1.29, 1.82) is 0 Å². The topological polar surface area (TPSA) is 18.5 Å². The van der Waals surface area contributed by atoms with Crippen LogP contribution >= 0.6 is 0 Å². The van der Waals surface area contributed by atoms with Crippen LogP contribution in [-0.4, -0.2) is 0 Å². The Balaban J connectivity index is 1.71. The van der Waals surface area contributed by atoms with Crippen LogP contribution in [0.1, 0.15) is 35.1 Å². The average Bonchev–Trinajstić information content (AvgIpc) is 2.70. The number of rotatable bonds is 2. The molecule has 0 unspecified atom stereocenters. The van der Waals surface area contributed by atoms with Crippen LogP contribution < -0.4 is 0 Å². The molecule has 6 rings (SSSR count). The van der Waals surface area contributed by atoms with Crippen LogP contribution in [0.15, 0.2) is 72.8 Å². The van der Waals surface area contributed by atoms with E-state index >= 15 is 0 Å². The number of halogens is 2. The van der Waals surface area contributed by atoms with Gasteiger partial charge in [0.2, 0.25) is 0 Å². The van der Waals surface area contributed by atoms with E-state index in [2.05, 4.69) is 0 Å². The summed E-state index contributed by atoms with van der Waals surface area (Å²) in [6.07, 6.45) is 1.38. The molecule has 26 heavy (non-hydrogen) atoms. The first-order valence-corrected chi connectivity index (χ1v) is 8.63. The molecular weight excluding hydrogens is 334 g/mol. The predicted molar refractivity (Wildman–Crippen MR) is 92.2 cm³/mol.